The lowest BCUT2D eigenvalue weighted by molar-refractivity contribution is 0.246. The number of urea groups is 1. The molecule has 0 aliphatic rings. The zero-order valence-corrected chi connectivity index (χ0v) is 14.0. The average Bonchev–Trinajstić information content (AvgIpc) is 2.56. The summed E-state index contributed by atoms with van der Waals surface area (Å²) < 4.78 is 2.74. The highest BCUT2D eigenvalue weighted by Gasteiger charge is 2.01. The lowest BCUT2D eigenvalue weighted by Gasteiger charge is -2.07. The quantitative estimate of drug-likeness (QED) is 0.489. The zero-order valence-electron chi connectivity index (χ0n) is 13.2. The molecular weight excluding hydrogens is 294 g/mol. The van der Waals surface area contributed by atoms with Gasteiger partial charge in [0.15, 0.2) is 0 Å². The fraction of sp³-hybridized carbons (Fsp3) is 0.529. The van der Waals surface area contributed by atoms with Crippen LogP contribution in [0.5, 0.6) is 0 Å². The molecule has 0 heterocycles. The number of hydrogen-bond acceptors (Lipinski definition) is 3. The molecule has 0 fully saturated rings. The molecule has 22 heavy (non-hydrogen) atoms. The van der Waals surface area contributed by atoms with Gasteiger partial charge in [0.25, 0.3) is 0 Å². The number of benzene rings is 1. The molecule has 4 nitrogen and oxygen atoms in total. The molecule has 0 atom stereocenters. The van der Waals surface area contributed by atoms with E-state index in [0.29, 0.717) is 12.1 Å². The highest BCUT2D eigenvalue weighted by Crippen LogP contribution is 2.14. The van der Waals surface area contributed by atoms with Gasteiger partial charge in [0.05, 0.1) is 11.6 Å². The third-order valence-corrected chi connectivity index (χ3v) is 4.11. The number of hydrogen-bond donors (Lipinski definition) is 2. The predicted octanol–water partition coefficient (Wildman–Crippen LogP) is 4.62. The molecule has 0 aromatic heterocycles. The molecule has 1 aromatic rings. The Morgan fingerprint density at radius 2 is 1.73 bits per heavy atom. The van der Waals surface area contributed by atoms with Crippen LogP contribution in [0.25, 0.3) is 0 Å². The van der Waals surface area contributed by atoms with Crippen LogP contribution < -0.4 is 10.0 Å². The molecule has 0 aliphatic carbocycles. The lowest BCUT2D eigenvalue weighted by Crippen LogP contribution is -2.31. The Labute approximate surface area is 137 Å². The Morgan fingerprint density at radius 1 is 1.09 bits per heavy atom. The van der Waals surface area contributed by atoms with E-state index in [0.717, 1.165) is 11.3 Å². The molecule has 0 bridgehead atoms. The van der Waals surface area contributed by atoms with E-state index in [2.05, 4.69) is 23.0 Å². The number of nitrogens with one attached hydrogen (secondary N) is 2. The van der Waals surface area contributed by atoms with E-state index in [-0.39, 0.29) is 6.03 Å². The summed E-state index contributed by atoms with van der Waals surface area (Å²) in [6.45, 7) is 2.94. The van der Waals surface area contributed by atoms with Crippen LogP contribution in [-0.2, 0) is 0 Å². The molecule has 0 saturated heterocycles. The number of unbranched alkanes of at least 4 members (excludes halogenated alkanes) is 6. The van der Waals surface area contributed by atoms with E-state index in [1.165, 1.54) is 50.5 Å². The topological polar surface area (TPSA) is 64.9 Å². The van der Waals surface area contributed by atoms with Crippen LogP contribution in [0.3, 0.4) is 0 Å². The Kier molecular flexibility index (Phi) is 9.97. The monoisotopic (exact) mass is 319 g/mol. The molecule has 2 amide bonds. The number of rotatable bonds is 10. The maximum Gasteiger partial charge on any atom is 0.325 e. The largest absolute Gasteiger partial charge is 0.337 e. The smallest absolute Gasteiger partial charge is 0.325 e. The second-order valence-electron chi connectivity index (χ2n) is 5.22. The first kappa shape index (κ1) is 18.4. The first-order chi connectivity index (χ1) is 10.8. The lowest BCUT2D eigenvalue weighted by atomic mass is 10.1. The van der Waals surface area contributed by atoms with Crippen LogP contribution in [-0.4, -0.2) is 12.6 Å². The third kappa shape index (κ3) is 8.58. The molecule has 0 aliphatic heterocycles. The van der Waals surface area contributed by atoms with Gasteiger partial charge in [0, 0.05) is 11.4 Å². The molecule has 0 saturated carbocycles. The Morgan fingerprint density at radius 3 is 2.36 bits per heavy atom. The number of carbonyl (C=O) groups excluding carboxylic acids is 1. The van der Waals surface area contributed by atoms with Crippen molar-refractivity contribution in [1.82, 2.24) is 10.0 Å². The molecule has 0 spiro atoms. The summed E-state index contributed by atoms with van der Waals surface area (Å²) >= 11 is 1.25. The molecule has 120 valence electrons. The van der Waals surface area contributed by atoms with Gasteiger partial charge in [-0.25, -0.2) is 4.79 Å². The van der Waals surface area contributed by atoms with E-state index in [1.807, 2.05) is 12.1 Å². The van der Waals surface area contributed by atoms with Crippen molar-refractivity contribution in [1.29, 1.82) is 5.26 Å². The number of amides is 2. The van der Waals surface area contributed by atoms with E-state index in [9.17, 15) is 4.79 Å². The summed E-state index contributed by atoms with van der Waals surface area (Å²) in [7, 11) is 0. The standard InChI is InChI=1S/C17H25N3OS/c1-2-3-4-5-6-7-8-13-19-17(21)20-22-16-11-9-15(14-18)10-12-16/h9-12H,2-8,13H2,1H3,(H2,19,20,21). The number of nitrogens with zero attached hydrogens (tertiary/aromatic N) is 1. The van der Waals surface area contributed by atoms with Crippen molar-refractivity contribution in [2.45, 2.75) is 56.8 Å². The molecule has 1 aromatic carbocycles. The molecule has 1 rings (SSSR count). The summed E-state index contributed by atoms with van der Waals surface area (Å²) in [5.41, 5.74) is 0.618. The summed E-state index contributed by atoms with van der Waals surface area (Å²) in [5, 5.41) is 11.6. The van der Waals surface area contributed by atoms with Gasteiger partial charge in [0.1, 0.15) is 0 Å². The van der Waals surface area contributed by atoms with Crippen LogP contribution >= 0.6 is 11.9 Å². The van der Waals surface area contributed by atoms with Crippen LogP contribution in [0.15, 0.2) is 29.2 Å². The SMILES string of the molecule is CCCCCCCCCNC(=O)NSc1ccc(C#N)cc1. The fourth-order valence-electron chi connectivity index (χ4n) is 2.02. The summed E-state index contributed by atoms with van der Waals surface area (Å²) in [6.07, 6.45) is 8.68. The highest BCUT2D eigenvalue weighted by atomic mass is 32.2. The van der Waals surface area contributed by atoms with E-state index < -0.39 is 0 Å². The predicted molar refractivity (Wildman–Crippen MR) is 91.5 cm³/mol. The third-order valence-electron chi connectivity index (χ3n) is 3.31. The number of carbonyl (C=O) groups is 1. The zero-order chi connectivity index (χ0) is 16.0. The summed E-state index contributed by atoms with van der Waals surface area (Å²) in [4.78, 5) is 12.5. The van der Waals surface area contributed by atoms with Gasteiger partial charge >= 0.3 is 6.03 Å². The molecule has 2 N–H and O–H groups in total. The van der Waals surface area contributed by atoms with Crippen molar-refractivity contribution >= 4 is 18.0 Å². The van der Waals surface area contributed by atoms with Crippen molar-refractivity contribution < 1.29 is 4.79 Å². The molecule has 0 radical (unpaired) electrons. The number of nitriles is 1. The molecule has 0 unspecified atom stereocenters. The Balaban J connectivity index is 2.02. The van der Waals surface area contributed by atoms with Crippen LogP contribution in [0, 0.1) is 11.3 Å². The van der Waals surface area contributed by atoms with E-state index >= 15 is 0 Å². The average molecular weight is 319 g/mol. The molecule has 5 heteroatoms. The summed E-state index contributed by atoms with van der Waals surface area (Å²) in [5.74, 6) is 0. The normalized spacial score (nSPS) is 10.0. The van der Waals surface area contributed by atoms with E-state index in [1.54, 1.807) is 12.1 Å². The first-order valence-electron chi connectivity index (χ1n) is 7.97. The van der Waals surface area contributed by atoms with Gasteiger partial charge in [-0.15, -0.1) is 0 Å². The van der Waals surface area contributed by atoms with Gasteiger partial charge < -0.3 is 5.32 Å². The minimum Gasteiger partial charge on any atom is -0.337 e. The Hall–Kier alpha value is -1.67. The van der Waals surface area contributed by atoms with Gasteiger partial charge in [-0.3, -0.25) is 4.72 Å². The van der Waals surface area contributed by atoms with Gasteiger partial charge in [-0.1, -0.05) is 45.4 Å². The second-order valence-corrected chi connectivity index (χ2v) is 6.10. The minimum atomic E-state index is -0.166. The van der Waals surface area contributed by atoms with Crippen molar-refractivity contribution in [3.05, 3.63) is 29.8 Å². The van der Waals surface area contributed by atoms with Crippen molar-refractivity contribution in [2.24, 2.45) is 0 Å². The van der Waals surface area contributed by atoms with Crippen molar-refractivity contribution in [3.8, 4) is 6.07 Å². The first-order valence-corrected chi connectivity index (χ1v) is 8.78. The van der Waals surface area contributed by atoms with Gasteiger partial charge in [-0.05, 0) is 42.6 Å². The van der Waals surface area contributed by atoms with Crippen LogP contribution in [0.1, 0.15) is 57.4 Å². The minimum absolute atomic E-state index is 0.166. The van der Waals surface area contributed by atoms with Gasteiger partial charge in [-0.2, -0.15) is 5.26 Å². The second kappa shape index (κ2) is 11.9. The Bertz CT molecular complexity index is 468. The van der Waals surface area contributed by atoms with E-state index in [4.69, 9.17) is 5.26 Å². The maximum atomic E-state index is 11.6. The summed E-state index contributed by atoms with van der Waals surface area (Å²) in [6, 6.07) is 9.01. The highest BCUT2D eigenvalue weighted by molar-refractivity contribution is 7.98. The van der Waals surface area contributed by atoms with Crippen molar-refractivity contribution in [2.75, 3.05) is 6.54 Å². The molecular formula is C17H25N3OS. The fourth-order valence-corrected chi connectivity index (χ4v) is 2.58. The van der Waals surface area contributed by atoms with Crippen LogP contribution in [0.2, 0.25) is 0 Å². The van der Waals surface area contributed by atoms with Crippen molar-refractivity contribution in [3.63, 3.8) is 0 Å². The van der Waals surface area contributed by atoms with Gasteiger partial charge in [0.2, 0.25) is 0 Å². The maximum absolute atomic E-state index is 11.6. The van der Waals surface area contributed by atoms with Crippen LogP contribution in [0.4, 0.5) is 4.79 Å².